The standard InChI is InChI=1S/C22H23N7O2/c1-14-19-16(12-17(18-7-4-11-31-18)26-20(19)28(2)27-14)21(30)25-15-6-3-10-29(13-15)22-23-8-5-9-24-22/h4-5,7-9,11-12,15H,3,6,10,13H2,1-2H3,(H,25,30). The zero-order chi connectivity index (χ0) is 21.4. The van der Waals surface area contributed by atoms with Crippen molar-refractivity contribution < 1.29 is 9.21 Å². The number of hydrogen-bond acceptors (Lipinski definition) is 7. The van der Waals surface area contributed by atoms with Crippen LogP contribution < -0.4 is 10.2 Å². The van der Waals surface area contributed by atoms with Gasteiger partial charge in [-0.1, -0.05) is 0 Å². The molecule has 1 saturated heterocycles. The average Bonchev–Trinajstić information content (AvgIpc) is 3.43. The molecule has 0 spiro atoms. The van der Waals surface area contributed by atoms with Crippen molar-refractivity contribution in [2.45, 2.75) is 25.8 Å². The third-order valence-corrected chi connectivity index (χ3v) is 5.58. The highest BCUT2D eigenvalue weighted by Gasteiger charge is 2.26. The molecule has 0 bridgehead atoms. The number of carbonyl (C=O) groups excluding carboxylic acids is 1. The molecule has 1 aliphatic rings. The van der Waals surface area contributed by atoms with Gasteiger partial charge >= 0.3 is 0 Å². The molecule has 1 fully saturated rings. The summed E-state index contributed by atoms with van der Waals surface area (Å²) in [6.45, 7) is 3.43. The number of furan rings is 1. The third-order valence-electron chi connectivity index (χ3n) is 5.58. The van der Waals surface area contributed by atoms with Crippen LogP contribution in [0.25, 0.3) is 22.5 Å². The van der Waals surface area contributed by atoms with E-state index < -0.39 is 0 Å². The summed E-state index contributed by atoms with van der Waals surface area (Å²) < 4.78 is 7.22. The summed E-state index contributed by atoms with van der Waals surface area (Å²) in [5, 5.41) is 8.44. The highest BCUT2D eigenvalue weighted by Crippen LogP contribution is 2.27. The van der Waals surface area contributed by atoms with Gasteiger partial charge in [0.25, 0.3) is 5.91 Å². The fourth-order valence-electron chi connectivity index (χ4n) is 4.17. The number of rotatable bonds is 4. The molecule has 5 heterocycles. The minimum absolute atomic E-state index is 0.00249. The molecule has 4 aromatic rings. The van der Waals surface area contributed by atoms with E-state index in [-0.39, 0.29) is 11.9 Å². The van der Waals surface area contributed by atoms with Crippen LogP contribution >= 0.6 is 0 Å². The van der Waals surface area contributed by atoms with Crippen molar-refractivity contribution in [1.82, 2.24) is 30.0 Å². The Bertz CT molecular complexity index is 1220. The molecule has 1 unspecified atom stereocenters. The van der Waals surface area contributed by atoms with Crippen molar-refractivity contribution in [2.24, 2.45) is 7.05 Å². The molecule has 5 rings (SSSR count). The second kappa shape index (κ2) is 7.82. The number of carbonyl (C=O) groups is 1. The Morgan fingerprint density at radius 2 is 2.10 bits per heavy atom. The van der Waals surface area contributed by atoms with Crippen molar-refractivity contribution in [1.29, 1.82) is 0 Å². The van der Waals surface area contributed by atoms with Gasteiger partial charge in [-0.2, -0.15) is 5.10 Å². The second-order valence-corrected chi connectivity index (χ2v) is 7.75. The van der Waals surface area contributed by atoms with E-state index in [1.165, 1.54) is 0 Å². The van der Waals surface area contributed by atoms with Crippen LogP contribution in [0.3, 0.4) is 0 Å². The summed E-state index contributed by atoms with van der Waals surface area (Å²) in [7, 11) is 1.83. The maximum Gasteiger partial charge on any atom is 0.252 e. The zero-order valence-corrected chi connectivity index (χ0v) is 17.4. The number of piperidine rings is 1. The lowest BCUT2D eigenvalue weighted by molar-refractivity contribution is 0.0934. The summed E-state index contributed by atoms with van der Waals surface area (Å²) in [5.41, 5.74) is 2.58. The van der Waals surface area contributed by atoms with Crippen molar-refractivity contribution in [2.75, 3.05) is 18.0 Å². The number of nitrogens with one attached hydrogen (secondary N) is 1. The molecule has 9 nitrogen and oxygen atoms in total. The van der Waals surface area contributed by atoms with Crippen LogP contribution in [0.1, 0.15) is 28.9 Å². The number of amides is 1. The van der Waals surface area contributed by atoms with Crippen molar-refractivity contribution in [3.05, 3.63) is 54.2 Å². The minimum atomic E-state index is -0.142. The normalized spacial score (nSPS) is 16.6. The number of pyridine rings is 1. The molecule has 0 radical (unpaired) electrons. The Kier molecular flexibility index (Phi) is 4.85. The number of aryl methyl sites for hydroxylation is 2. The van der Waals surface area contributed by atoms with Crippen LogP contribution in [0.2, 0.25) is 0 Å². The van der Waals surface area contributed by atoms with Gasteiger partial charge in [0, 0.05) is 38.6 Å². The molecule has 31 heavy (non-hydrogen) atoms. The predicted octanol–water partition coefficient (Wildman–Crippen LogP) is 2.73. The predicted molar refractivity (Wildman–Crippen MR) is 116 cm³/mol. The van der Waals surface area contributed by atoms with E-state index >= 15 is 0 Å². The molecule has 9 heteroatoms. The molecule has 1 amide bonds. The molecule has 1 aliphatic heterocycles. The molecule has 1 N–H and O–H groups in total. The molecule has 4 aromatic heterocycles. The van der Waals surface area contributed by atoms with Crippen LogP contribution in [-0.2, 0) is 7.05 Å². The maximum atomic E-state index is 13.4. The largest absolute Gasteiger partial charge is 0.463 e. The SMILES string of the molecule is Cc1nn(C)c2nc(-c3ccco3)cc(C(=O)NC3CCCN(c4ncccn4)C3)c12. The van der Waals surface area contributed by atoms with Gasteiger partial charge in [-0.05, 0) is 44.0 Å². The van der Waals surface area contributed by atoms with Gasteiger partial charge in [0.05, 0.1) is 22.9 Å². The number of nitrogens with zero attached hydrogens (tertiary/aromatic N) is 6. The van der Waals surface area contributed by atoms with E-state index in [9.17, 15) is 4.79 Å². The van der Waals surface area contributed by atoms with E-state index in [0.717, 1.165) is 30.5 Å². The molecular weight excluding hydrogens is 394 g/mol. The van der Waals surface area contributed by atoms with E-state index in [1.807, 2.05) is 20.0 Å². The Morgan fingerprint density at radius 1 is 1.26 bits per heavy atom. The van der Waals surface area contributed by atoms with Gasteiger partial charge in [-0.15, -0.1) is 0 Å². The fourth-order valence-corrected chi connectivity index (χ4v) is 4.17. The molecule has 0 aromatic carbocycles. The van der Waals surface area contributed by atoms with Gasteiger partial charge in [0.15, 0.2) is 11.4 Å². The zero-order valence-electron chi connectivity index (χ0n) is 17.4. The van der Waals surface area contributed by atoms with Gasteiger partial charge in [0.2, 0.25) is 5.95 Å². The quantitative estimate of drug-likeness (QED) is 0.545. The first kappa shape index (κ1) is 19.2. The first-order valence-corrected chi connectivity index (χ1v) is 10.3. The average molecular weight is 417 g/mol. The van der Waals surface area contributed by atoms with Crippen LogP contribution in [0, 0.1) is 6.92 Å². The topological polar surface area (TPSA) is 102 Å². The lowest BCUT2D eigenvalue weighted by Crippen LogP contribution is -2.48. The smallest absolute Gasteiger partial charge is 0.252 e. The molecule has 0 aliphatic carbocycles. The van der Waals surface area contributed by atoms with Crippen molar-refractivity contribution >= 4 is 22.9 Å². The third kappa shape index (κ3) is 3.63. The summed E-state index contributed by atoms with van der Waals surface area (Å²) in [6.07, 6.45) is 6.93. The first-order valence-electron chi connectivity index (χ1n) is 10.3. The Morgan fingerprint density at radius 3 is 2.87 bits per heavy atom. The Balaban J connectivity index is 1.45. The number of fused-ring (bicyclic) bond motifs is 1. The summed E-state index contributed by atoms with van der Waals surface area (Å²) in [6, 6.07) is 7.22. The summed E-state index contributed by atoms with van der Waals surface area (Å²) in [5.74, 6) is 1.16. The van der Waals surface area contributed by atoms with Crippen LogP contribution in [0.15, 0.2) is 47.3 Å². The van der Waals surface area contributed by atoms with E-state index in [1.54, 1.807) is 41.5 Å². The summed E-state index contributed by atoms with van der Waals surface area (Å²) in [4.78, 5) is 28.9. The van der Waals surface area contributed by atoms with Crippen LogP contribution in [0.5, 0.6) is 0 Å². The molecular formula is C22H23N7O2. The Labute approximate surface area is 179 Å². The van der Waals surface area contributed by atoms with E-state index in [0.29, 0.717) is 35.2 Å². The highest BCUT2D eigenvalue weighted by molar-refractivity contribution is 6.07. The lowest BCUT2D eigenvalue weighted by Gasteiger charge is -2.33. The summed E-state index contributed by atoms with van der Waals surface area (Å²) >= 11 is 0. The molecule has 1 atom stereocenters. The number of anilines is 1. The number of aromatic nitrogens is 5. The maximum absolute atomic E-state index is 13.4. The van der Waals surface area contributed by atoms with Crippen molar-refractivity contribution in [3.63, 3.8) is 0 Å². The second-order valence-electron chi connectivity index (χ2n) is 7.75. The highest BCUT2D eigenvalue weighted by atomic mass is 16.3. The Hall–Kier alpha value is -3.75. The molecule has 0 saturated carbocycles. The van der Waals surface area contributed by atoms with Crippen LogP contribution in [0.4, 0.5) is 5.95 Å². The van der Waals surface area contributed by atoms with E-state index in [4.69, 9.17) is 4.42 Å². The van der Waals surface area contributed by atoms with Gasteiger partial charge in [-0.3, -0.25) is 9.48 Å². The monoisotopic (exact) mass is 417 g/mol. The van der Waals surface area contributed by atoms with Gasteiger partial charge < -0.3 is 14.6 Å². The van der Waals surface area contributed by atoms with E-state index in [2.05, 4.69) is 30.3 Å². The minimum Gasteiger partial charge on any atom is -0.463 e. The van der Waals surface area contributed by atoms with Gasteiger partial charge in [0.1, 0.15) is 5.69 Å². The molecule has 158 valence electrons. The lowest BCUT2D eigenvalue weighted by atomic mass is 10.0. The fraction of sp³-hybridized carbons (Fsp3) is 0.318. The number of hydrogen-bond donors (Lipinski definition) is 1. The van der Waals surface area contributed by atoms with Gasteiger partial charge in [-0.25, -0.2) is 15.0 Å². The van der Waals surface area contributed by atoms with Crippen LogP contribution in [-0.4, -0.2) is 49.8 Å². The first-order chi connectivity index (χ1) is 15.1. The van der Waals surface area contributed by atoms with Crippen molar-refractivity contribution in [3.8, 4) is 11.5 Å².